The monoisotopic (exact) mass is 329 g/mol. The van der Waals surface area contributed by atoms with Crippen molar-refractivity contribution >= 4 is 11.6 Å². The molecule has 0 fully saturated rings. The first-order chi connectivity index (χ1) is 11.5. The normalized spacial score (nSPS) is 11.6. The second kappa shape index (κ2) is 8.18. The van der Waals surface area contributed by atoms with Gasteiger partial charge < -0.3 is 10.6 Å². The van der Waals surface area contributed by atoms with Crippen molar-refractivity contribution < 1.29 is 13.6 Å². The van der Waals surface area contributed by atoms with Crippen molar-refractivity contribution in [1.82, 2.24) is 5.32 Å². The van der Waals surface area contributed by atoms with Gasteiger partial charge in [0.15, 0.2) is 11.6 Å². The summed E-state index contributed by atoms with van der Waals surface area (Å²) in [5.41, 5.74) is 2.06. The third kappa shape index (κ3) is 4.86. The van der Waals surface area contributed by atoms with Crippen LogP contribution in [0.4, 0.5) is 14.5 Å². The van der Waals surface area contributed by atoms with Crippen molar-refractivity contribution in [2.24, 2.45) is 0 Å². The summed E-state index contributed by atoms with van der Waals surface area (Å²) in [6.45, 7) is 1.79. The minimum absolute atomic E-state index is 0.0279. The standard InChI is InChI=1S/C18H17F2N3O/c1-12(14-4-7-16(19)17(20)10-14)22-11-18(24)23-15-5-2-13(3-6-15)8-9-21/h2-7,10,12,22H,8,11H2,1H3,(H,23,24)/t12-/m0/s1. The van der Waals surface area contributed by atoms with Gasteiger partial charge in [-0.25, -0.2) is 8.78 Å². The molecule has 1 atom stereocenters. The van der Waals surface area contributed by atoms with Gasteiger partial charge in [0, 0.05) is 11.7 Å². The molecule has 2 rings (SSSR count). The van der Waals surface area contributed by atoms with E-state index in [1.807, 2.05) is 0 Å². The summed E-state index contributed by atoms with van der Waals surface area (Å²) < 4.78 is 26.1. The van der Waals surface area contributed by atoms with Gasteiger partial charge in [0.1, 0.15) is 0 Å². The Labute approximate surface area is 139 Å². The van der Waals surface area contributed by atoms with Crippen LogP contribution in [0.3, 0.4) is 0 Å². The second-order valence-corrected chi connectivity index (χ2v) is 5.36. The van der Waals surface area contributed by atoms with Gasteiger partial charge in [0.2, 0.25) is 5.91 Å². The van der Waals surface area contributed by atoms with Gasteiger partial charge in [-0.1, -0.05) is 18.2 Å². The quantitative estimate of drug-likeness (QED) is 0.854. The lowest BCUT2D eigenvalue weighted by atomic mass is 10.1. The van der Waals surface area contributed by atoms with Crippen LogP contribution >= 0.6 is 0 Å². The lowest BCUT2D eigenvalue weighted by Crippen LogP contribution is -2.30. The van der Waals surface area contributed by atoms with Crippen molar-refractivity contribution in [1.29, 1.82) is 5.26 Å². The molecule has 0 aliphatic carbocycles. The minimum Gasteiger partial charge on any atom is -0.325 e. The fraction of sp³-hybridized carbons (Fsp3) is 0.222. The summed E-state index contributed by atoms with van der Waals surface area (Å²) in [6, 6.07) is 12.4. The molecular formula is C18H17F2N3O. The first-order valence-electron chi connectivity index (χ1n) is 7.43. The Bertz CT molecular complexity index is 754. The zero-order valence-corrected chi connectivity index (χ0v) is 13.1. The van der Waals surface area contributed by atoms with Gasteiger partial charge in [-0.15, -0.1) is 0 Å². The fourth-order valence-corrected chi connectivity index (χ4v) is 2.15. The van der Waals surface area contributed by atoms with Crippen LogP contribution in [0.15, 0.2) is 42.5 Å². The molecule has 0 bridgehead atoms. The van der Waals surface area contributed by atoms with E-state index in [0.29, 0.717) is 17.7 Å². The highest BCUT2D eigenvalue weighted by Gasteiger charge is 2.10. The van der Waals surface area contributed by atoms with Gasteiger partial charge in [0.05, 0.1) is 19.0 Å². The van der Waals surface area contributed by atoms with Gasteiger partial charge in [-0.2, -0.15) is 5.26 Å². The maximum Gasteiger partial charge on any atom is 0.238 e. The summed E-state index contributed by atoms with van der Waals surface area (Å²) in [4.78, 5) is 11.9. The minimum atomic E-state index is -0.914. The van der Waals surface area contributed by atoms with Crippen LogP contribution in [-0.2, 0) is 11.2 Å². The Hall–Kier alpha value is -2.78. The Morgan fingerprint density at radius 2 is 1.88 bits per heavy atom. The maximum atomic E-state index is 13.2. The molecule has 0 saturated heterocycles. The summed E-state index contributed by atoms with van der Waals surface area (Å²) in [6.07, 6.45) is 0.321. The van der Waals surface area contributed by atoms with E-state index in [9.17, 15) is 13.6 Å². The molecule has 124 valence electrons. The highest BCUT2D eigenvalue weighted by Crippen LogP contribution is 2.16. The van der Waals surface area contributed by atoms with Crippen molar-refractivity contribution in [3.63, 3.8) is 0 Å². The molecule has 0 aliphatic heterocycles. The molecule has 0 radical (unpaired) electrons. The van der Waals surface area contributed by atoms with Crippen LogP contribution in [0.2, 0.25) is 0 Å². The number of halogens is 2. The smallest absolute Gasteiger partial charge is 0.238 e. The molecule has 6 heteroatoms. The number of nitrogens with one attached hydrogen (secondary N) is 2. The van der Waals surface area contributed by atoms with E-state index in [4.69, 9.17) is 5.26 Å². The summed E-state index contributed by atoms with van der Waals surface area (Å²) in [7, 11) is 0. The maximum absolute atomic E-state index is 13.2. The van der Waals surface area contributed by atoms with Crippen molar-refractivity contribution in [3.05, 3.63) is 65.2 Å². The van der Waals surface area contributed by atoms with Crippen molar-refractivity contribution in [2.45, 2.75) is 19.4 Å². The largest absolute Gasteiger partial charge is 0.325 e. The zero-order valence-electron chi connectivity index (χ0n) is 13.1. The Morgan fingerprint density at radius 1 is 1.17 bits per heavy atom. The number of nitriles is 1. The van der Waals surface area contributed by atoms with Crippen molar-refractivity contribution in [3.8, 4) is 6.07 Å². The predicted octanol–water partition coefficient (Wildman–Crippen LogP) is 3.32. The summed E-state index contributed by atoms with van der Waals surface area (Å²) in [5.74, 6) is -2.07. The second-order valence-electron chi connectivity index (χ2n) is 5.36. The van der Waals surface area contributed by atoms with Crippen LogP contribution in [0, 0.1) is 23.0 Å². The average Bonchev–Trinajstić information content (AvgIpc) is 2.57. The van der Waals surface area contributed by atoms with Gasteiger partial charge in [-0.3, -0.25) is 4.79 Å². The molecule has 0 aromatic heterocycles. The van der Waals surface area contributed by atoms with Gasteiger partial charge in [0.25, 0.3) is 0 Å². The molecular weight excluding hydrogens is 312 g/mol. The molecule has 4 nitrogen and oxygen atoms in total. The number of carbonyl (C=O) groups is 1. The van der Waals surface area contributed by atoms with E-state index in [1.54, 1.807) is 31.2 Å². The Kier molecular flexibility index (Phi) is 5.99. The number of nitrogens with zero attached hydrogens (tertiary/aromatic N) is 1. The van der Waals surface area contributed by atoms with Crippen LogP contribution in [0.5, 0.6) is 0 Å². The van der Waals surface area contributed by atoms with Crippen LogP contribution in [0.1, 0.15) is 24.1 Å². The number of hydrogen-bond donors (Lipinski definition) is 2. The first kappa shape index (κ1) is 17.6. The molecule has 2 aromatic rings. The lowest BCUT2D eigenvalue weighted by molar-refractivity contribution is -0.115. The molecule has 0 unspecified atom stereocenters. The summed E-state index contributed by atoms with van der Waals surface area (Å²) >= 11 is 0. The van der Waals surface area contributed by atoms with Crippen LogP contribution < -0.4 is 10.6 Å². The van der Waals surface area contributed by atoms with Crippen molar-refractivity contribution in [2.75, 3.05) is 11.9 Å². The molecule has 0 saturated carbocycles. The zero-order chi connectivity index (χ0) is 17.5. The van der Waals surface area contributed by atoms with E-state index >= 15 is 0 Å². The number of amides is 1. The molecule has 24 heavy (non-hydrogen) atoms. The lowest BCUT2D eigenvalue weighted by Gasteiger charge is -2.14. The highest BCUT2D eigenvalue weighted by atomic mass is 19.2. The Morgan fingerprint density at radius 3 is 2.50 bits per heavy atom. The van der Waals surface area contributed by atoms with E-state index in [2.05, 4.69) is 16.7 Å². The molecule has 1 amide bonds. The van der Waals surface area contributed by atoms with Crippen LogP contribution in [-0.4, -0.2) is 12.5 Å². The molecule has 0 heterocycles. The third-order valence-corrected chi connectivity index (χ3v) is 3.53. The first-order valence-corrected chi connectivity index (χ1v) is 7.43. The van der Waals surface area contributed by atoms with E-state index in [1.165, 1.54) is 6.07 Å². The molecule has 2 N–H and O–H groups in total. The molecule has 2 aromatic carbocycles. The highest BCUT2D eigenvalue weighted by molar-refractivity contribution is 5.92. The Balaban J connectivity index is 1.86. The molecule has 0 spiro atoms. The predicted molar refractivity (Wildman–Crippen MR) is 87.2 cm³/mol. The SMILES string of the molecule is C[C@H](NCC(=O)Nc1ccc(CC#N)cc1)c1ccc(F)c(F)c1. The van der Waals surface area contributed by atoms with E-state index in [-0.39, 0.29) is 18.5 Å². The number of rotatable bonds is 6. The van der Waals surface area contributed by atoms with Gasteiger partial charge in [-0.05, 0) is 42.3 Å². The topological polar surface area (TPSA) is 64.9 Å². The number of carbonyl (C=O) groups excluding carboxylic acids is 1. The number of benzene rings is 2. The average molecular weight is 329 g/mol. The third-order valence-electron chi connectivity index (χ3n) is 3.53. The number of hydrogen-bond acceptors (Lipinski definition) is 3. The van der Waals surface area contributed by atoms with Crippen LogP contribution in [0.25, 0.3) is 0 Å². The van der Waals surface area contributed by atoms with E-state index < -0.39 is 11.6 Å². The summed E-state index contributed by atoms with van der Waals surface area (Å²) in [5, 5.41) is 14.3. The van der Waals surface area contributed by atoms with E-state index in [0.717, 1.165) is 17.7 Å². The number of anilines is 1. The molecule has 0 aliphatic rings. The fourth-order valence-electron chi connectivity index (χ4n) is 2.15. The van der Waals surface area contributed by atoms with Gasteiger partial charge >= 0.3 is 0 Å².